The maximum Gasteiger partial charge on any atom is 0.203 e. The van der Waals surface area contributed by atoms with Gasteiger partial charge in [0.05, 0.1) is 5.69 Å². The zero-order valence-corrected chi connectivity index (χ0v) is 11.5. The molecule has 0 aliphatic heterocycles. The van der Waals surface area contributed by atoms with Gasteiger partial charge in [-0.2, -0.15) is 5.10 Å². The number of nitrogens with zero attached hydrogens (tertiary/aromatic N) is 2. The van der Waals surface area contributed by atoms with Crippen LogP contribution in [0.2, 0.25) is 0 Å². The van der Waals surface area contributed by atoms with Crippen LogP contribution in [0.25, 0.3) is 11.3 Å². The zero-order valence-electron chi connectivity index (χ0n) is 10.7. The Morgan fingerprint density at radius 1 is 1.33 bits per heavy atom. The fraction of sp³-hybridized carbons (Fsp3) is 0.286. The second-order valence-corrected chi connectivity index (χ2v) is 4.97. The molecule has 0 fully saturated rings. The highest BCUT2D eigenvalue weighted by Crippen LogP contribution is 2.24. The van der Waals surface area contributed by atoms with E-state index in [4.69, 9.17) is 0 Å². The largest absolute Gasteiger partial charge is 0.253 e. The molecular formula is C14H17N3S. The molecule has 0 amide bonds. The van der Waals surface area contributed by atoms with E-state index in [9.17, 15) is 0 Å². The quantitative estimate of drug-likeness (QED) is 0.638. The molecule has 0 saturated carbocycles. The molecule has 0 saturated heterocycles. The maximum absolute atomic E-state index is 4.51. The maximum atomic E-state index is 4.51. The predicted molar refractivity (Wildman–Crippen MR) is 79.2 cm³/mol. The first-order valence-electron chi connectivity index (χ1n) is 6.09. The summed E-state index contributed by atoms with van der Waals surface area (Å²) in [5, 5.41) is 7.19. The smallest absolute Gasteiger partial charge is 0.203 e. The van der Waals surface area contributed by atoms with E-state index in [0.29, 0.717) is 0 Å². The second kappa shape index (κ2) is 6.31. The molecule has 0 bridgehead atoms. The lowest BCUT2D eigenvalue weighted by Gasteiger charge is -1.98. The molecular weight excluding hydrogens is 242 g/mol. The molecule has 2 rings (SSSR count). The van der Waals surface area contributed by atoms with Gasteiger partial charge in [-0.05, 0) is 13.3 Å². The van der Waals surface area contributed by atoms with Crippen LogP contribution < -0.4 is 5.43 Å². The molecule has 0 spiro atoms. The van der Waals surface area contributed by atoms with Gasteiger partial charge in [0, 0.05) is 16.7 Å². The molecule has 1 aromatic heterocycles. The molecule has 0 unspecified atom stereocenters. The number of benzene rings is 1. The van der Waals surface area contributed by atoms with Crippen LogP contribution in [0.3, 0.4) is 0 Å². The molecule has 1 aromatic carbocycles. The lowest BCUT2D eigenvalue weighted by atomic mass is 10.2. The summed E-state index contributed by atoms with van der Waals surface area (Å²) in [6.45, 7) is 4.18. The molecule has 0 radical (unpaired) electrons. The van der Waals surface area contributed by atoms with Crippen molar-refractivity contribution in [3.05, 3.63) is 35.7 Å². The number of hydrazone groups is 1. The van der Waals surface area contributed by atoms with Gasteiger partial charge in [-0.25, -0.2) is 4.98 Å². The number of hydrogen-bond acceptors (Lipinski definition) is 4. The molecule has 3 nitrogen and oxygen atoms in total. The first-order chi connectivity index (χ1) is 8.79. The Bertz CT molecular complexity index is 517. The van der Waals surface area contributed by atoms with Gasteiger partial charge >= 0.3 is 0 Å². The van der Waals surface area contributed by atoms with E-state index in [1.54, 1.807) is 11.3 Å². The third kappa shape index (κ3) is 3.40. The molecule has 0 aliphatic rings. The fourth-order valence-electron chi connectivity index (χ4n) is 1.63. The zero-order chi connectivity index (χ0) is 12.8. The first kappa shape index (κ1) is 12.8. The molecule has 0 aliphatic carbocycles. The second-order valence-electron chi connectivity index (χ2n) is 4.11. The number of hydrogen-bond donors (Lipinski definition) is 1. The topological polar surface area (TPSA) is 37.3 Å². The van der Waals surface area contributed by atoms with Crippen LogP contribution in [-0.4, -0.2) is 10.7 Å². The standard InChI is InChI=1S/C14H17N3S/c1-3-7-11(2)16-17-14-15-13(10-18-14)12-8-5-4-6-9-12/h4-6,8-10H,3,7H2,1-2H3,(H,15,17)/b16-11-. The average Bonchev–Trinajstić information content (AvgIpc) is 2.87. The van der Waals surface area contributed by atoms with Crippen LogP contribution in [0, 0.1) is 0 Å². The van der Waals surface area contributed by atoms with Gasteiger partial charge < -0.3 is 0 Å². The summed E-state index contributed by atoms with van der Waals surface area (Å²) in [6.07, 6.45) is 2.13. The summed E-state index contributed by atoms with van der Waals surface area (Å²) in [5.74, 6) is 0. The van der Waals surface area contributed by atoms with Crippen molar-refractivity contribution in [2.45, 2.75) is 26.7 Å². The molecule has 4 heteroatoms. The summed E-state index contributed by atoms with van der Waals surface area (Å²) in [6, 6.07) is 10.2. The van der Waals surface area contributed by atoms with E-state index in [-0.39, 0.29) is 0 Å². The Morgan fingerprint density at radius 2 is 2.11 bits per heavy atom. The van der Waals surface area contributed by atoms with Crippen molar-refractivity contribution in [2.24, 2.45) is 5.10 Å². The monoisotopic (exact) mass is 259 g/mol. The van der Waals surface area contributed by atoms with Crippen LogP contribution in [0.5, 0.6) is 0 Å². The summed E-state index contributed by atoms with van der Waals surface area (Å²) in [5.41, 5.74) is 6.25. The normalized spacial score (nSPS) is 11.6. The molecule has 18 heavy (non-hydrogen) atoms. The van der Waals surface area contributed by atoms with Gasteiger partial charge in [0.1, 0.15) is 0 Å². The Balaban J connectivity index is 2.05. The van der Waals surface area contributed by atoms with Gasteiger partial charge in [0.25, 0.3) is 0 Å². The van der Waals surface area contributed by atoms with E-state index < -0.39 is 0 Å². The van der Waals surface area contributed by atoms with Crippen molar-refractivity contribution < 1.29 is 0 Å². The van der Waals surface area contributed by atoms with Crippen molar-refractivity contribution in [3.8, 4) is 11.3 Å². The van der Waals surface area contributed by atoms with Gasteiger partial charge in [0.2, 0.25) is 5.13 Å². The Kier molecular flexibility index (Phi) is 4.47. The summed E-state index contributed by atoms with van der Waals surface area (Å²) >= 11 is 1.58. The minimum atomic E-state index is 0.837. The van der Waals surface area contributed by atoms with Crippen LogP contribution >= 0.6 is 11.3 Å². The SMILES string of the molecule is CCC/C(C)=N\Nc1nc(-c2ccccc2)cs1. The van der Waals surface area contributed by atoms with Gasteiger partial charge in [-0.1, -0.05) is 43.7 Å². The number of nitrogens with one attached hydrogen (secondary N) is 1. The van der Waals surface area contributed by atoms with Crippen LogP contribution in [0.4, 0.5) is 5.13 Å². The van der Waals surface area contributed by atoms with E-state index in [1.807, 2.05) is 30.5 Å². The predicted octanol–water partition coefficient (Wildman–Crippen LogP) is 4.40. The summed E-state index contributed by atoms with van der Waals surface area (Å²) in [4.78, 5) is 4.51. The number of thiazole rings is 1. The highest BCUT2D eigenvalue weighted by Gasteiger charge is 2.02. The highest BCUT2D eigenvalue weighted by molar-refractivity contribution is 7.14. The Labute approximate surface area is 112 Å². The van der Waals surface area contributed by atoms with Gasteiger partial charge in [-0.15, -0.1) is 11.3 Å². The molecule has 1 heterocycles. The van der Waals surface area contributed by atoms with Crippen LogP contribution in [0.1, 0.15) is 26.7 Å². The molecule has 0 atom stereocenters. The fourth-order valence-corrected chi connectivity index (χ4v) is 2.29. The lowest BCUT2D eigenvalue weighted by molar-refractivity contribution is 0.983. The minimum Gasteiger partial charge on any atom is -0.253 e. The van der Waals surface area contributed by atoms with E-state index >= 15 is 0 Å². The Hall–Kier alpha value is -1.68. The minimum absolute atomic E-state index is 0.837. The van der Waals surface area contributed by atoms with Gasteiger partial charge in [0.15, 0.2) is 0 Å². The first-order valence-corrected chi connectivity index (χ1v) is 6.97. The third-order valence-corrected chi connectivity index (χ3v) is 3.27. The van der Waals surface area contributed by atoms with Crippen molar-refractivity contribution in [2.75, 3.05) is 5.43 Å². The Morgan fingerprint density at radius 3 is 2.83 bits per heavy atom. The van der Waals surface area contributed by atoms with Crippen molar-refractivity contribution in [1.29, 1.82) is 0 Å². The number of anilines is 1. The average molecular weight is 259 g/mol. The molecule has 94 valence electrons. The van der Waals surface area contributed by atoms with E-state index in [2.05, 4.69) is 34.6 Å². The highest BCUT2D eigenvalue weighted by atomic mass is 32.1. The molecule has 1 N–H and O–H groups in total. The number of rotatable bonds is 5. The van der Waals surface area contributed by atoms with Crippen molar-refractivity contribution in [3.63, 3.8) is 0 Å². The summed E-state index contributed by atoms with van der Waals surface area (Å²) in [7, 11) is 0. The van der Waals surface area contributed by atoms with Gasteiger partial charge in [-0.3, -0.25) is 5.43 Å². The van der Waals surface area contributed by atoms with E-state index in [0.717, 1.165) is 34.9 Å². The van der Waals surface area contributed by atoms with Crippen LogP contribution in [-0.2, 0) is 0 Å². The van der Waals surface area contributed by atoms with Crippen molar-refractivity contribution in [1.82, 2.24) is 4.98 Å². The number of aromatic nitrogens is 1. The summed E-state index contributed by atoms with van der Waals surface area (Å²) < 4.78 is 0. The third-order valence-electron chi connectivity index (χ3n) is 2.53. The molecule has 2 aromatic rings. The van der Waals surface area contributed by atoms with E-state index in [1.165, 1.54) is 0 Å². The van der Waals surface area contributed by atoms with Crippen LogP contribution in [0.15, 0.2) is 40.8 Å². The lowest BCUT2D eigenvalue weighted by Crippen LogP contribution is -1.96. The van der Waals surface area contributed by atoms with Crippen molar-refractivity contribution >= 4 is 22.2 Å².